The molecule has 0 spiro atoms. The molecule has 0 saturated heterocycles. The standard InChI is InChI=1S/C13H16ClNO4S/c1-19-11(13(17)18)6-15-12(16)8-20-7-9-3-2-4-10(14)5-9/h2-5,11H,6-8H2,1H3,(H,15,16)(H,17,18). The van der Waals surface area contributed by atoms with Crippen molar-refractivity contribution < 1.29 is 19.4 Å². The Kier molecular flexibility index (Phi) is 7.43. The van der Waals surface area contributed by atoms with Gasteiger partial charge in [-0.3, -0.25) is 4.79 Å². The molecule has 5 nitrogen and oxygen atoms in total. The van der Waals surface area contributed by atoms with Crippen molar-refractivity contribution in [3.05, 3.63) is 34.9 Å². The fraction of sp³-hybridized carbons (Fsp3) is 0.385. The molecule has 0 aliphatic heterocycles. The van der Waals surface area contributed by atoms with Crippen LogP contribution in [0, 0.1) is 0 Å². The molecular weight excluding hydrogens is 302 g/mol. The summed E-state index contributed by atoms with van der Waals surface area (Å²) in [5.41, 5.74) is 1.04. The van der Waals surface area contributed by atoms with Gasteiger partial charge in [0.25, 0.3) is 0 Å². The van der Waals surface area contributed by atoms with E-state index < -0.39 is 12.1 Å². The number of halogens is 1. The molecule has 0 saturated carbocycles. The van der Waals surface area contributed by atoms with Crippen molar-refractivity contribution in [2.45, 2.75) is 11.9 Å². The van der Waals surface area contributed by atoms with E-state index in [4.69, 9.17) is 21.4 Å². The largest absolute Gasteiger partial charge is 0.479 e. The first kappa shape index (κ1) is 16.8. The summed E-state index contributed by atoms with van der Waals surface area (Å²) in [5, 5.41) is 11.9. The summed E-state index contributed by atoms with van der Waals surface area (Å²) in [4.78, 5) is 22.2. The van der Waals surface area contributed by atoms with E-state index in [0.717, 1.165) is 5.56 Å². The molecule has 20 heavy (non-hydrogen) atoms. The number of hydrogen-bond donors (Lipinski definition) is 2. The van der Waals surface area contributed by atoms with Crippen molar-refractivity contribution >= 4 is 35.2 Å². The van der Waals surface area contributed by atoms with Crippen molar-refractivity contribution in [1.82, 2.24) is 5.32 Å². The third-order valence-corrected chi connectivity index (χ3v) is 3.67. The minimum atomic E-state index is -1.10. The molecule has 1 rings (SSSR count). The molecule has 0 bridgehead atoms. The number of carboxylic acids is 1. The fourth-order valence-electron chi connectivity index (χ4n) is 1.42. The molecule has 0 fully saturated rings. The number of rotatable bonds is 8. The van der Waals surface area contributed by atoms with Crippen LogP contribution >= 0.6 is 23.4 Å². The maximum Gasteiger partial charge on any atom is 0.334 e. The Morgan fingerprint density at radius 2 is 2.25 bits per heavy atom. The Morgan fingerprint density at radius 1 is 1.50 bits per heavy atom. The van der Waals surface area contributed by atoms with E-state index in [0.29, 0.717) is 10.8 Å². The highest BCUT2D eigenvalue weighted by atomic mass is 35.5. The van der Waals surface area contributed by atoms with E-state index in [9.17, 15) is 9.59 Å². The summed E-state index contributed by atoms with van der Waals surface area (Å²) in [6, 6.07) is 7.42. The van der Waals surface area contributed by atoms with Crippen molar-refractivity contribution in [3.63, 3.8) is 0 Å². The van der Waals surface area contributed by atoms with Gasteiger partial charge in [-0.2, -0.15) is 0 Å². The molecule has 0 aliphatic carbocycles. The predicted molar refractivity (Wildman–Crippen MR) is 79.1 cm³/mol. The van der Waals surface area contributed by atoms with E-state index in [1.807, 2.05) is 18.2 Å². The van der Waals surface area contributed by atoms with Crippen LogP contribution in [0.1, 0.15) is 5.56 Å². The number of thioether (sulfide) groups is 1. The number of carbonyl (C=O) groups is 2. The monoisotopic (exact) mass is 317 g/mol. The zero-order valence-corrected chi connectivity index (χ0v) is 12.5. The highest BCUT2D eigenvalue weighted by Crippen LogP contribution is 2.16. The van der Waals surface area contributed by atoms with Gasteiger partial charge < -0.3 is 15.2 Å². The first-order chi connectivity index (χ1) is 9.52. The first-order valence-corrected chi connectivity index (χ1v) is 7.40. The lowest BCUT2D eigenvalue weighted by Crippen LogP contribution is -2.38. The minimum absolute atomic E-state index is 0.0393. The quantitative estimate of drug-likeness (QED) is 0.764. The lowest BCUT2D eigenvalue weighted by molar-refractivity contribution is -0.148. The molecule has 1 atom stereocenters. The molecule has 1 aromatic rings. The van der Waals surface area contributed by atoms with Gasteiger partial charge in [-0.15, -0.1) is 11.8 Å². The molecule has 0 radical (unpaired) electrons. The summed E-state index contributed by atoms with van der Waals surface area (Å²) in [5.74, 6) is -0.400. The van der Waals surface area contributed by atoms with Gasteiger partial charge in [-0.1, -0.05) is 23.7 Å². The van der Waals surface area contributed by atoms with Crippen molar-refractivity contribution in [1.29, 1.82) is 0 Å². The summed E-state index contributed by atoms with van der Waals surface area (Å²) in [6.45, 7) is -0.0393. The zero-order chi connectivity index (χ0) is 15.0. The zero-order valence-electron chi connectivity index (χ0n) is 11.0. The topological polar surface area (TPSA) is 75.6 Å². The third kappa shape index (κ3) is 6.27. The lowest BCUT2D eigenvalue weighted by Gasteiger charge is -2.11. The van der Waals surface area contributed by atoms with Gasteiger partial charge in [0, 0.05) is 17.9 Å². The van der Waals surface area contributed by atoms with Crippen LogP contribution in [-0.2, 0) is 20.1 Å². The number of amides is 1. The van der Waals surface area contributed by atoms with Gasteiger partial charge in [-0.25, -0.2) is 4.79 Å². The SMILES string of the molecule is COC(CNC(=O)CSCc1cccc(Cl)c1)C(=O)O. The molecule has 110 valence electrons. The molecular formula is C13H16ClNO4S. The minimum Gasteiger partial charge on any atom is -0.479 e. The highest BCUT2D eigenvalue weighted by Gasteiger charge is 2.16. The average Bonchev–Trinajstić information content (AvgIpc) is 2.39. The number of ether oxygens (including phenoxy) is 1. The van der Waals surface area contributed by atoms with Crippen LogP contribution in [0.4, 0.5) is 0 Å². The maximum absolute atomic E-state index is 11.5. The molecule has 2 N–H and O–H groups in total. The Labute approximate surface area is 126 Å². The first-order valence-electron chi connectivity index (χ1n) is 5.87. The summed E-state index contributed by atoms with van der Waals surface area (Å²) in [6.07, 6.45) is -1.02. The third-order valence-electron chi connectivity index (χ3n) is 2.44. The Balaban J connectivity index is 2.25. The second-order valence-electron chi connectivity index (χ2n) is 3.99. The maximum atomic E-state index is 11.5. The van der Waals surface area contributed by atoms with E-state index >= 15 is 0 Å². The van der Waals surface area contributed by atoms with Gasteiger partial charge >= 0.3 is 5.97 Å². The number of methoxy groups -OCH3 is 1. The van der Waals surface area contributed by atoms with Crippen LogP contribution in [0.2, 0.25) is 5.02 Å². The van der Waals surface area contributed by atoms with Crippen LogP contribution in [0.25, 0.3) is 0 Å². The number of carboxylic acid groups (broad SMARTS) is 1. The van der Waals surface area contributed by atoms with Crippen LogP contribution in [0.3, 0.4) is 0 Å². The summed E-state index contributed by atoms with van der Waals surface area (Å²) < 4.78 is 4.71. The van der Waals surface area contributed by atoms with Gasteiger partial charge in [0.2, 0.25) is 5.91 Å². The van der Waals surface area contributed by atoms with Crippen molar-refractivity contribution in [2.24, 2.45) is 0 Å². The molecule has 0 aromatic heterocycles. The van der Waals surface area contributed by atoms with Gasteiger partial charge in [-0.05, 0) is 17.7 Å². The van der Waals surface area contributed by atoms with E-state index in [-0.39, 0.29) is 18.2 Å². The molecule has 0 aliphatic rings. The Hall–Kier alpha value is -1.24. The summed E-state index contributed by atoms with van der Waals surface area (Å²) in [7, 11) is 1.29. The van der Waals surface area contributed by atoms with Crippen LogP contribution in [0.15, 0.2) is 24.3 Å². The molecule has 0 heterocycles. The van der Waals surface area contributed by atoms with Crippen LogP contribution in [0.5, 0.6) is 0 Å². The van der Waals surface area contributed by atoms with Crippen LogP contribution in [-0.4, -0.2) is 42.5 Å². The number of hydrogen-bond acceptors (Lipinski definition) is 4. The average molecular weight is 318 g/mol. The molecule has 1 unspecified atom stereocenters. The smallest absolute Gasteiger partial charge is 0.334 e. The van der Waals surface area contributed by atoms with Crippen molar-refractivity contribution in [2.75, 3.05) is 19.4 Å². The predicted octanol–water partition coefficient (Wildman–Crippen LogP) is 1.79. The number of benzene rings is 1. The fourth-order valence-corrected chi connectivity index (χ4v) is 2.44. The van der Waals surface area contributed by atoms with Crippen molar-refractivity contribution in [3.8, 4) is 0 Å². The number of carbonyl (C=O) groups excluding carboxylic acids is 1. The summed E-state index contributed by atoms with van der Waals surface area (Å²) >= 11 is 7.29. The van der Waals surface area contributed by atoms with Crippen LogP contribution < -0.4 is 5.32 Å². The molecule has 7 heteroatoms. The molecule has 1 aromatic carbocycles. The number of aliphatic carboxylic acids is 1. The number of nitrogens with one attached hydrogen (secondary N) is 1. The highest BCUT2D eigenvalue weighted by molar-refractivity contribution is 7.99. The van der Waals surface area contributed by atoms with Gasteiger partial charge in [0.1, 0.15) is 0 Å². The van der Waals surface area contributed by atoms with Gasteiger partial charge in [0.05, 0.1) is 12.3 Å². The second-order valence-corrected chi connectivity index (χ2v) is 5.41. The molecule has 1 amide bonds. The second kappa shape index (κ2) is 8.84. The Morgan fingerprint density at radius 3 is 2.85 bits per heavy atom. The lowest BCUT2D eigenvalue weighted by atomic mass is 10.2. The van der Waals surface area contributed by atoms with Gasteiger partial charge in [0.15, 0.2) is 6.10 Å². The Bertz CT molecular complexity index is 469. The normalized spacial score (nSPS) is 11.9. The van der Waals surface area contributed by atoms with E-state index in [1.54, 1.807) is 6.07 Å². The van der Waals surface area contributed by atoms with E-state index in [1.165, 1.54) is 18.9 Å². The van der Waals surface area contributed by atoms with E-state index in [2.05, 4.69) is 5.32 Å².